The van der Waals surface area contributed by atoms with E-state index in [9.17, 15) is 9.59 Å². The van der Waals surface area contributed by atoms with Gasteiger partial charge in [-0.1, -0.05) is 13.0 Å². The average molecular weight is 259 g/mol. The molecule has 0 saturated heterocycles. The van der Waals surface area contributed by atoms with Crippen LogP contribution in [0.1, 0.15) is 35.7 Å². The molecule has 0 aliphatic rings. The van der Waals surface area contributed by atoms with E-state index >= 15 is 0 Å². The number of hydrogen-bond acceptors (Lipinski definition) is 2. The van der Waals surface area contributed by atoms with Crippen molar-refractivity contribution in [3.63, 3.8) is 0 Å². The number of aliphatic carboxylic acids is 1. The monoisotopic (exact) mass is 259 g/mol. The number of carbonyl (C=O) groups is 2. The third-order valence-electron chi connectivity index (χ3n) is 3.33. The molecule has 0 radical (unpaired) electrons. The summed E-state index contributed by atoms with van der Waals surface area (Å²) < 4.78 is 1.91. The minimum Gasteiger partial charge on any atom is -0.481 e. The van der Waals surface area contributed by atoms with Gasteiger partial charge in [-0.25, -0.2) is 0 Å². The standard InChI is InChI=1S/C15H17NO3/c1-3-10-4-5-13-11(8-10)12(9-16(13)2)14(17)6-7-15(18)19/h4-5,8-9H,3,6-7H2,1-2H3,(H,18,19). The zero-order valence-electron chi connectivity index (χ0n) is 11.1. The number of fused-ring (bicyclic) bond motifs is 1. The molecule has 0 aliphatic carbocycles. The van der Waals surface area contributed by atoms with Gasteiger partial charge >= 0.3 is 5.97 Å². The zero-order valence-corrected chi connectivity index (χ0v) is 11.1. The van der Waals surface area contributed by atoms with Gasteiger partial charge in [0, 0.05) is 36.1 Å². The molecular formula is C15H17NO3. The molecule has 4 heteroatoms. The number of rotatable bonds is 5. The van der Waals surface area contributed by atoms with E-state index in [0.717, 1.165) is 17.3 Å². The highest BCUT2D eigenvalue weighted by Gasteiger charge is 2.15. The van der Waals surface area contributed by atoms with Gasteiger partial charge in [-0.15, -0.1) is 0 Å². The van der Waals surface area contributed by atoms with Gasteiger partial charge in [-0.05, 0) is 24.1 Å². The van der Waals surface area contributed by atoms with Crippen LogP contribution < -0.4 is 0 Å². The lowest BCUT2D eigenvalue weighted by Crippen LogP contribution is -2.03. The molecule has 0 saturated carbocycles. The van der Waals surface area contributed by atoms with Gasteiger partial charge in [0.1, 0.15) is 0 Å². The van der Waals surface area contributed by atoms with E-state index < -0.39 is 5.97 Å². The topological polar surface area (TPSA) is 59.3 Å². The largest absolute Gasteiger partial charge is 0.481 e. The van der Waals surface area contributed by atoms with E-state index in [4.69, 9.17) is 5.11 Å². The quantitative estimate of drug-likeness (QED) is 0.840. The fourth-order valence-corrected chi connectivity index (χ4v) is 2.24. The number of aromatic nitrogens is 1. The number of carboxylic acids is 1. The Kier molecular flexibility index (Phi) is 3.69. The van der Waals surface area contributed by atoms with Crippen LogP contribution in [0, 0.1) is 0 Å². The Labute approximate surface area is 111 Å². The molecule has 4 nitrogen and oxygen atoms in total. The first-order valence-corrected chi connectivity index (χ1v) is 6.36. The predicted molar refractivity (Wildman–Crippen MR) is 73.5 cm³/mol. The molecule has 0 atom stereocenters. The van der Waals surface area contributed by atoms with Crippen LogP contribution in [-0.2, 0) is 18.3 Å². The van der Waals surface area contributed by atoms with E-state index in [-0.39, 0.29) is 18.6 Å². The second-order valence-electron chi connectivity index (χ2n) is 4.68. The Balaban J connectivity index is 2.42. The second kappa shape index (κ2) is 5.26. The van der Waals surface area contributed by atoms with E-state index in [2.05, 4.69) is 6.92 Å². The average Bonchev–Trinajstić information content (AvgIpc) is 2.73. The minimum absolute atomic E-state index is 0.0464. The summed E-state index contributed by atoms with van der Waals surface area (Å²) in [7, 11) is 1.89. The molecule has 0 bridgehead atoms. The summed E-state index contributed by atoms with van der Waals surface area (Å²) in [5, 5.41) is 9.57. The molecule has 1 N–H and O–H groups in total. The summed E-state index contributed by atoms with van der Waals surface area (Å²) in [6.45, 7) is 2.07. The molecule has 0 fully saturated rings. The number of carbonyl (C=O) groups excluding carboxylic acids is 1. The van der Waals surface area contributed by atoms with Crippen molar-refractivity contribution in [2.45, 2.75) is 26.2 Å². The first-order valence-electron chi connectivity index (χ1n) is 6.36. The van der Waals surface area contributed by atoms with Crippen molar-refractivity contribution >= 4 is 22.7 Å². The number of ketones is 1. The van der Waals surface area contributed by atoms with Crippen LogP contribution >= 0.6 is 0 Å². The number of carboxylic acid groups (broad SMARTS) is 1. The van der Waals surface area contributed by atoms with Crippen LogP contribution in [0.2, 0.25) is 0 Å². The highest BCUT2D eigenvalue weighted by molar-refractivity contribution is 6.08. The molecule has 100 valence electrons. The number of hydrogen-bond donors (Lipinski definition) is 1. The lowest BCUT2D eigenvalue weighted by molar-refractivity contribution is -0.136. The predicted octanol–water partition coefficient (Wildman–Crippen LogP) is 2.79. The Morgan fingerprint density at radius 3 is 2.63 bits per heavy atom. The number of aryl methyl sites for hydroxylation is 2. The SMILES string of the molecule is CCc1ccc2c(c1)c(C(=O)CCC(=O)O)cn2C. The maximum absolute atomic E-state index is 12.1. The van der Waals surface area contributed by atoms with Crippen molar-refractivity contribution in [2.24, 2.45) is 7.05 Å². The van der Waals surface area contributed by atoms with Crippen molar-refractivity contribution < 1.29 is 14.7 Å². The van der Waals surface area contributed by atoms with Crippen LogP contribution in [0.15, 0.2) is 24.4 Å². The van der Waals surface area contributed by atoms with Crippen LogP contribution in [-0.4, -0.2) is 21.4 Å². The van der Waals surface area contributed by atoms with Crippen LogP contribution in [0.4, 0.5) is 0 Å². The van der Waals surface area contributed by atoms with Crippen molar-refractivity contribution in [2.75, 3.05) is 0 Å². The number of Topliss-reactive ketones (excluding diaryl/α,β-unsaturated/α-hetero) is 1. The smallest absolute Gasteiger partial charge is 0.303 e. The number of benzene rings is 1. The zero-order chi connectivity index (χ0) is 14.0. The van der Waals surface area contributed by atoms with E-state index in [0.29, 0.717) is 5.56 Å². The molecule has 2 aromatic rings. The molecule has 1 heterocycles. The molecule has 0 aliphatic heterocycles. The minimum atomic E-state index is -0.942. The summed E-state index contributed by atoms with van der Waals surface area (Å²) in [4.78, 5) is 22.6. The molecule has 0 amide bonds. The fourth-order valence-electron chi connectivity index (χ4n) is 2.24. The fraction of sp³-hybridized carbons (Fsp3) is 0.333. The Morgan fingerprint density at radius 1 is 1.26 bits per heavy atom. The van der Waals surface area contributed by atoms with Gasteiger partial charge < -0.3 is 9.67 Å². The van der Waals surface area contributed by atoms with Gasteiger partial charge in [-0.2, -0.15) is 0 Å². The molecule has 2 rings (SSSR count). The third-order valence-corrected chi connectivity index (χ3v) is 3.33. The van der Waals surface area contributed by atoms with Crippen LogP contribution in [0.25, 0.3) is 10.9 Å². The molecule has 1 aromatic heterocycles. The van der Waals surface area contributed by atoms with Crippen LogP contribution in [0.5, 0.6) is 0 Å². The normalized spacial score (nSPS) is 10.8. The van der Waals surface area contributed by atoms with Crippen molar-refractivity contribution in [1.29, 1.82) is 0 Å². The second-order valence-corrected chi connectivity index (χ2v) is 4.68. The molecule has 19 heavy (non-hydrogen) atoms. The summed E-state index contributed by atoms with van der Waals surface area (Å²) >= 11 is 0. The molecule has 0 spiro atoms. The summed E-state index contributed by atoms with van der Waals surface area (Å²) in [6.07, 6.45) is 2.62. The summed E-state index contributed by atoms with van der Waals surface area (Å²) in [5.41, 5.74) is 2.79. The van der Waals surface area contributed by atoms with Gasteiger partial charge in [0.15, 0.2) is 5.78 Å². The van der Waals surface area contributed by atoms with Crippen LogP contribution in [0.3, 0.4) is 0 Å². The first-order chi connectivity index (χ1) is 9.02. The van der Waals surface area contributed by atoms with Gasteiger partial charge in [0.05, 0.1) is 6.42 Å². The number of nitrogens with zero attached hydrogens (tertiary/aromatic N) is 1. The van der Waals surface area contributed by atoms with Gasteiger partial charge in [0.2, 0.25) is 0 Å². The molecule has 1 aromatic carbocycles. The highest BCUT2D eigenvalue weighted by atomic mass is 16.4. The maximum atomic E-state index is 12.1. The van der Waals surface area contributed by atoms with Gasteiger partial charge in [0.25, 0.3) is 0 Å². The Hall–Kier alpha value is -2.10. The third kappa shape index (κ3) is 2.67. The molecule has 0 unspecified atom stereocenters. The van der Waals surface area contributed by atoms with Crippen molar-refractivity contribution in [3.8, 4) is 0 Å². The highest BCUT2D eigenvalue weighted by Crippen LogP contribution is 2.24. The van der Waals surface area contributed by atoms with E-state index in [1.54, 1.807) is 6.20 Å². The summed E-state index contributed by atoms with van der Waals surface area (Å²) in [5.74, 6) is -1.05. The summed E-state index contributed by atoms with van der Waals surface area (Å²) in [6, 6.07) is 6.07. The first kappa shape index (κ1) is 13.3. The lowest BCUT2D eigenvalue weighted by Gasteiger charge is -2.00. The molecular weight excluding hydrogens is 242 g/mol. The van der Waals surface area contributed by atoms with E-state index in [1.807, 2.05) is 29.8 Å². The van der Waals surface area contributed by atoms with E-state index in [1.165, 1.54) is 5.56 Å². The van der Waals surface area contributed by atoms with Crippen molar-refractivity contribution in [1.82, 2.24) is 4.57 Å². The van der Waals surface area contributed by atoms with Gasteiger partial charge in [-0.3, -0.25) is 9.59 Å². The Bertz CT molecular complexity index is 640. The lowest BCUT2D eigenvalue weighted by atomic mass is 10.0. The van der Waals surface area contributed by atoms with Crippen molar-refractivity contribution in [3.05, 3.63) is 35.5 Å². The Morgan fingerprint density at radius 2 is 2.00 bits per heavy atom. The maximum Gasteiger partial charge on any atom is 0.303 e.